The number of benzene rings is 2. The molecule has 0 unspecified atom stereocenters. The number of aryl methyl sites for hydroxylation is 3. The summed E-state index contributed by atoms with van der Waals surface area (Å²) in [6, 6.07) is 13.6. The Morgan fingerprint density at radius 2 is 1.93 bits per heavy atom. The van der Waals surface area contributed by atoms with Crippen molar-refractivity contribution < 1.29 is 9.59 Å². The van der Waals surface area contributed by atoms with Gasteiger partial charge >= 0.3 is 0 Å². The Bertz CT molecular complexity index is 891. The number of nitrogens with one attached hydrogen (secondary N) is 2. The Morgan fingerprint density at radius 3 is 2.63 bits per heavy atom. The van der Waals surface area contributed by atoms with Crippen molar-refractivity contribution >= 4 is 40.1 Å². The number of anilines is 1. The molecule has 3 rings (SSSR count). The molecule has 0 aliphatic carbocycles. The van der Waals surface area contributed by atoms with Gasteiger partial charge in [-0.2, -0.15) is 0 Å². The molecule has 2 aromatic rings. The third-order valence-electron chi connectivity index (χ3n) is 4.40. The summed E-state index contributed by atoms with van der Waals surface area (Å²) in [6.07, 6.45) is 0.979. The minimum Gasteiger partial charge on any atom is -0.326 e. The monoisotopic (exact) mass is 381 g/mol. The molecule has 2 N–H and O–H groups in total. The molecule has 0 bridgehead atoms. The minimum absolute atomic E-state index is 0.109. The highest BCUT2D eigenvalue weighted by Gasteiger charge is 2.32. The van der Waals surface area contributed by atoms with Gasteiger partial charge in [-0.15, -0.1) is 0 Å². The van der Waals surface area contributed by atoms with Gasteiger partial charge < -0.3 is 10.6 Å². The van der Waals surface area contributed by atoms with Crippen LogP contribution in [0.5, 0.6) is 0 Å². The van der Waals surface area contributed by atoms with Gasteiger partial charge in [-0.1, -0.05) is 54.6 Å². The number of amidine groups is 1. The lowest BCUT2D eigenvalue weighted by molar-refractivity contribution is -0.122. The van der Waals surface area contributed by atoms with Crippen LogP contribution in [0.15, 0.2) is 47.5 Å². The van der Waals surface area contributed by atoms with Crippen LogP contribution in [0.1, 0.15) is 30.0 Å². The fraction of sp³-hybridized carbons (Fsp3) is 0.286. The lowest BCUT2D eigenvalue weighted by atomic mass is 10.1. The summed E-state index contributed by atoms with van der Waals surface area (Å²) in [5.74, 6) is -0.359. The summed E-state index contributed by atoms with van der Waals surface area (Å²) in [5, 5.41) is 5.72. The van der Waals surface area contributed by atoms with Crippen molar-refractivity contribution in [3.63, 3.8) is 0 Å². The van der Waals surface area contributed by atoms with Gasteiger partial charge in [-0.25, -0.2) is 4.99 Å². The summed E-state index contributed by atoms with van der Waals surface area (Å²) in [6.45, 7) is 6.08. The standard InChI is InChI=1S/C21H23N3O2S/c1-4-15-7-5-6-14(3)19(15)23-21-24-20(26)17(27-21)12-18(25)22-16-10-8-13(2)9-11-16/h5-11,17H,4,12H2,1-3H3,(H,22,25)(H,23,24,26)/t17-/m0/s1. The number of thioether (sulfide) groups is 1. The molecular weight excluding hydrogens is 358 g/mol. The summed E-state index contributed by atoms with van der Waals surface area (Å²) >= 11 is 1.31. The number of carbonyl (C=O) groups excluding carboxylic acids is 2. The van der Waals surface area contributed by atoms with Crippen molar-refractivity contribution in [2.24, 2.45) is 4.99 Å². The second kappa shape index (κ2) is 8.39. The number of rotatable bonds is 5. The zero-order valence-electron chi connectivity index (χ0n) is 15.7. The molecule has 140 valence electrons. The molecule has 1 aliphatic rings. The Kier molecular flexibility index (Phi) is 5.96. The van der Waals surface area contributed by atoms with Gasteiger partial charge in [0.2, 0.25) is 11.8 Å². The summed E-state index contributed by atoms with van der Waals surface area (Å²) in [5.41, 5.74) is 4.96. The molecule has 1 heterocycles. The molecule has 6 heteroatoms. The van der Waals surface area contributed by atoms with E-state index >= 15 is 0 Å². The third kappa shape index (κ3) is 4.77. The normalized spacial score (nSPS) is 17.8. The van der Waals surface area contributed by atoms with E-state index in [4.69, 9.17) is 0 Å². The van der Waals surface area contributed by atoms with Crippen molar-refractivity contribution in [2.75, 3.05) is 5.32 Å². The number of nitrogens with zero attached hydrogens (tertiary/aromatic N) is 1. The molecule has 2 aromatic carbocycles. The van der Waals surface area contributed by atoms with Crippen LogP contribution in [-0.2, 0) is 16.0 Å². The van der Waals surface area contributed by atoms with E-state index in [2.05, 4.69) is 22.5 Å². The number of para-hydroxylation sites is 1. The Hall–Kier alpha value is -2.60. The highest BCUT2D eigenvalue weighted by Crippen LogP contribution is 2.29. The molecule has 2 amide bonds. The molecule has 5 nitrogen and oxygen atoms in total. The molecule has 27 heavy (non-hydrogen) atoms. The summed E-state index contributed by atoms with van der Waals surface area (Å²) < 4.78 is 0. The largest absolute Gasteiger partial charge is 0.326 e. The molecule has 1 atom stereocenters. The van der Waals surface area contributed by atoms with Crippen LogP contribution in [0.4, 0.5) is 11.4 Å². The molecule has 0 spiro atoms. The topological polar surface area (TPSA) is 70.6 Å². The van der Waals surface area contributed by atoms with E-state index in [9.17, 15) is 9.59 Å². The van der Waals surface area contributed by atoms with E-state index < -0.39 is 5.25 Å². The molecule has 0 radical (unpaired) electrons. The van der Waals surface area contributed by atoms with Gasteiger partial charge in [0.15, 0.2) is 5.17 Å². The van der Waals surface area contributed by atoms with Crippen LogP contribution < -0.4 is 10.6 Å². The summed E-state index contributed by atoms with van der Waals surface area (Å²) in [4.78, 5) is 29.2. The fourth-order valence-electron chi connectivity index (χ4n) is 2.88. The van der Waals surface area contributed by atoms with Crippen LogP contribution in [0, 0.1) is 13.8 Å². The maximum atomic E-state index is 12.3. The molecule has 0 saturated carbocycles. The Labute approximate surface area is 163 Å². The quantitative estimate of drug-likeness (QED) is 0.819. The summed E-state index contributed by atoms with van der Waals surface area (Å²) in [7, 11) is 0. The highest BCUT2D eigenvalue weighted by molar-refractivity contribution is 8.15. The zero-order valence-corrected chi connectivity index (χ0v) is 16.5. The minimum atomic E-state index is -0.469. The van der Waals surface area contributed by atoms with Crippen LogP contribution in [-0.4, -0.2) is 22.2 Å². The van der Waals surface area contributed by atoms with Crippen molar-refractivity contribution in [1.82, 2.24) is 5.32 Å². The number of aliphatic imine (C=N–C) groups is 1. The third-order valence-corrected chi connectivity index (χ3v) is 5.48. The number of hydrogen-bond donors (Lipinski definition) is 2. The first-order chi connectivity index (χ1) is 13.0. The first-order valence-electron chi connectivity index (χ1n) is 8.97. The van der Waals surface area contributed by atoms with Gasteiger partial charge in [0.25, 0.3) is 0 Å². The zero-order chi connectivity index (χ0) is 19.4. The molecule has 1 fully saturated rings. The van der Waals surface area contributed by atoms with Crippen LogP contribution >= 0.6 is 11.8 Å². The smallest absolute Gasteiger partial charge is 0.240 e. The Balaban J connectivity index is 1.67. The van der Waals surface area contributed by atoms with Gasteiger partial charge in [-0.3, -0.25) is 9.59 Å². The molecule has 1 aliphatic heterocycles. The van der Waals surface area contributed by atoms with Crippen molar-refractivity contribution in [3.05, 3.63) is 59.2 Å². The van der Waals surface area contributed by atoms with Crippen LogP contribution in [0.3, 0.4) is 0 Å². The first kappa shape index (κ1) is 19.2. The van der Waals surface area contributed by atoms with Crippen LogP contribution in [0.25, 0.3) is 0 Å². The molecule has 1 saturated heterocycles. The molecule has 0 aromatic heterocycles. The second-order valence-electron chi connectivity index (χ2n) is 6.57. The number of carbonyl (C=O) groups is 2. The predicted octanol–water partition coefficient (Wildman–Crippen LogP) is 4.11. The van der Waals surface area contributed by atoms with Crippen molar-refractivity contribution in [2.45, 2.75) is 38.9 Å². The lowest BCUT2D eigenvalue weighted by Gasteiger charge is -2.08. The van der Waals surface area contributed by atoms with Crippen molar-refractivity contribution in [1.29, 1.82) is 0 Å². The van der Waals surface area contributed by atoms with E-state index in [1.54, 1.807) is 0 Å². The van der Waals surface area contributed by atoms with E-state index in [1.165, 1.54) is 11.8 Å². The average molecular weight is 382 g/mol. The van der Waals surface area contributed by atoms with E-state index in [-0.39, 0.29) is 18.2 Å². The highest BCUT2D eigenvalue weighted by atomic mass is 32.2. The van der Waals surface area contributed by atoms with E-state index in [1.807, 2.05) is 56.3 Å². The van der Waals surface area contributed by atoms with Crippen LogP contribution in [0.2, 0.25) is 0 Å². The predicted molar refractivity (Wildman–Crippen MR) is 112 cm³/mol. The SMILES string of the molecule is CCc1cccc(C)c1N=C1NC(=O)[C@H](CC(=O)Nc2ccc(C)cc2)S1. The number of amides is 2. The second-order valence-corrected chi connectivity index (χ2v) is 7.76. The van der Waals surface area contributed by atoms with Gasteiger partial charge in [-0.05, 0) is 43.5 Å². The fourth-order valence-corrected chi connectivity index (χ4v) is 3.85. The first-order valence-corrected chi connectivity index (χ1v) is 9.85. The van der Waals surface area contributed by atoms with Crippen molar-refractivity contribution in [3.8, 4) is 0 Å². The van der Waals surface area contributed by atoms with Gasteiger partial charge in [0.1, 0.15) is 5.25 Å². The molecular formula is C21H23N3O2S. The maximum Gasteiger partial charge on any atom is 0.240 e. The average Bonchev–Trinajstić information content (AvgIpc) is 2.98. The van der Waals surface area contributed by atoms with Gasteiger partial charge in [0, 0.05) is 12.1 Å². The van der Waals surface area contributed by atoms with E-state index in [0.717, 1.165) is 34.5 Å². The lowest BCUT2D eigenvalue weighted by Crippen LogP contribution is -2.28. The Morgan fingerprint density at radius 1 is 1.19 bits per heavy atom. The van der Waals surface area contributed by atoms with E-state index in [0.29, 0.717) is 5.17 Å². The maximum absolute atomic E-state index is 12.3. The van der Waals surface area contributed by atoms with Gasteiger partial charge in [0.05, 0.1) is 5.69 Å². The number of hydrogen-bond acceptors (Lipinski definition) is 4.